The van der Waals surface area contributed by atoms with Crippen LogP contribution in [0, 0.1) is 18.3 Å². The number of hydrogen-bond acceptors (Lipinski definition) is 6. The lowest BCUT2D eigenvalue weighted by Crippen LogP contribution is -2.14. The number of benzene rings is 2. The standard InChI is InChI=1S/C23H22N6O2/c1-4-31-20-7-5-6-15(17(20)10-24)22-18(12-26-29(22)3)14-8-13(2)21-16(9-14)19(11-25)27-28-23(21)30/h5-9,12H,4,11,25H2,1-3H3,(H,28,30). The van der Waals surface area contributed by atoms with Gasteiger partial charge in [0.2, 0.25) is 0 Å². The first-order valence-electron chi connectivity index (χ1n) is 9.90. The zero-order valence-electron chi connectivity index (χ0n) is 17.6. The minimum atomic E-state index is -0.251. The zero-order valence-corrected chi connectivity index (χ0v) is 17.6. The van der Waals surface area contributed by atoms with Crippen molar-refractivity contribution < 1.29 is 4.74 Å². The van der Waals surface area contributed by atoms with Crippen LogP contribution in [0.3, 0.4) is 0 Å². The molecule has 4 rings (SSSR count). The van der Waals surface area contributed by atoms with Gasteiger partial charge in [-0.2, -0.15) is 15.5 Å². The van der Waals surface area contributed by atoms with E-state index in [0.29, 0.717) is 34.4 Å². The van der Waals surface area contributed by atoms with Gasteiger partial charge in [0.25, 0.3) is 5.56 Å². The van der Waals surface area contributed by atoms with Gasteiger partial charge in [-0.3, -0.25) is 9.48 Å². The Bertz CT molecular complexity index is 1390. The first kappa shape index (κ1) is 20.3. The summed E-state index contributed by atoms with van der Waals surface area (Å²) in [6.45, 7) is 4.43. The molecule has 0 aliphatic rings. The first-order valence-corrected chi connectivity index (χ1v) is 9.90. The van der Waals surface area contributed by atoms with E-state index < -0.39 is 0 Å². The van der Waals surface area contributed by atoms with Crippen LogP contribution in [0.5, 0.6) is 5.75 Å². The lowest BCUT2D eigenvalue weighted by molar-refractivity contribution is 0.339. The minimum Gasteiger partial charge on any atom is -0.492 e. The van der Waals surface area contributed by atoms with Gasteiger partial charge in [0.15, 0.2) is 0 Å². The summed E-state index contributed by atoms with van der Waals surface area (Å²) in [5.41, 5.74) is 10.7. The van der Waals surface area contributed by atoms with Gasteiger partial charge in [-0.1, -0.05) is 18.2 Å². The van der Waals surface area contributed by atoms with Crippen molar-refractivity contribution in [2.75, 3.05) is 6.61 Å². The number of nitrogens with one attached hydrogen (secondary N) is 1. The number of aryl methyl sites for hydroxylation is 2. The minimum absolute atomic E-state index is 0.199. The summed E-state index contributed by atoms with van der Waals surface area (Å²) in [5, 5.41) is 22.2. The lowest BCUT2D eigenvalue weighted by Gasteiger charge is -2.13. The number of nitrogens with zero attached hydrogens (tertiary/aromatic N) is 4. The molecule has 0 atom stereocenters. The molecular weight excluding hydrogens is 392 g/mol. The predicted molar refractivity (Wildman–Crippen MR) is 119 cm³/mol. The molecule has 0 fully saturated rings. The topological polar surface area (TPSA) is 123 Å². The second kappa shape index (κ2) is 8.05. The van der Waals surface area contributed by atoms with Gasteiger partial charge in [-0.25, -0.2) is 5.10 Å². The number of fused-ring (bicyclic) bond motifs is 1. The Morgan fingerprint density at radius 1 is 1.29 bits per heavy atom. The van der Waals surface area contributed by atoms with Crippen LogP contribution in [0.2, 0.25) is 0 Å². The number of hydrogen-bond donors (Lipinski definition) is 2. The van der Waals surface area contributed by atoms with Gasteiger partial charge >= 0.3 is 0 Å². The van der Waals surface area contributed by atoms with Crippen molar-refractivity contribution in [2.45, 2.75) is 20.4 Å². The smallest absolute Gasteiger partial charge is 0.272 e. The summed E-state index contributed by atoms with van der Waals surface area (Å²) in [6.07, 6.45) is 1.76. The quantitative estimate of drug-likeness (QED) is 0.517. The van der Waals surface area contributed by atoms with Crippen molar-refractivity contribution in [1.29, 1.82) is 5.26 Å². The number of aromatic nitrogens is 4. The molecule has 0 aliphatic carbocycles. The maximum Gasteiger partial charge on any atom is 0.272 e. The average molecular weight is 414 g/mol. The van der Waals surface area contributed by atoms with Crippen LogP contribution in [0.15, 0.2) is 41.3 Å². The van der Waals surface area contributed by atoms with Crippen LogP contribution >= 0.6 is 0 Å². The van der Waals surface area contributed by atoms with Gasteiger partial charge < -0.3 is 10.5 Å². The van der Waals surface area contributed by atoms with Crippen molar-refractivity contribution >= 4 is 10.8 Å². The van der Waals surface area contributed by atoms with Crippen LogP contribution in [0.25, 0.3) is 33.2 Å². The largest absolute Gasteiger partial charge is 0.492 e. The third-order valence-corrected chi connectivity index (χ3v) is 5.30. The average Bonchev–Trinajstić information content (AvgIpc) is 3.15. The third-order valence-electron chi connectivity index (χ3n) is 5.30. The number of ether oxygens (including phenoxy) is 1. The molecule has 31 heavy (non-hydrogen) atoms. The van der Waals surface area contributed by atoms with Crippen LogP contribution in [0.4, 0.5) is 0 Å². The normalized spacial score (nSPS) is 10.9. The van der Waals surface area contributed by atoms with Crippen molar-refractivity contribution in [3.05, 3.63) is 63.7 Å². The Morgan fingerprint density at radius 2 is 2.10 bits per heavy atom. The summed E-state index contributed by atoms with van der Waals surface area (Å²) in [5.74, 6) is 0.533. The molecule has 2 heterocycles. The van der Waals surface area contributed by atoms with Crippen LogP contribution in [-0.4, -0.2) is 26.6 Å². The van der Waals surface area contributed by atoms with E-state index in [-0.39, 0.29) is 12.1 Å². The van der Waals surface area contributed by atoms with Gasteiger partial charge in [0, 0.05) is 30.1 Å². The van der Waals surface area contributed by atoms with E-state index >= 15 is 0 Å². The molecule has 0 amide bonds. The first-order chi connectivity index (χ1) is 15.0. The fourth-order valence-electron chi connectivity index (χ4n) is 3.95. The fourth-order valence-corrected chi connectivity index (χ4v) is 3.95. The number of aromatic amines is 1. The number of nitriles is 1. The summed E-state index contributed by atoms with van der Waals surface area (Å²) in [6, 6.07) is 11.6. The highest BCUT2D eigenvalue weighted by Crippen LogP contribution is 2.38. The molecule has 2 aromatic heterocycles. The molecule has 0 aliphatic heterocycles. The molecule has 8 nitrogen and oxygen atoms in total. The molecule has 0 spiro atoms. The highest BCUT2D eigenvalue weighted by Gasteiger charge is 2.20. The van der Waals surface area contributed by atoms with E-state index in [9.17, 15) is 10.1 Å². The Labute approximate surface area is 178 Å². The second-order valence-corrected chi connectivity index (χ2v) is 7.17. The van der Waals surface area contributed by atoms with E-state index in [1.54, 1.807) is 16.9 Å². The van der Waals surface area contributed by atoms with Crippen LogP contribution < -0.4 is 16.0 Å². The second-order valence-electron chi connectivity index (χ2n) is 7.17. The van der Waals surface area contributed by atoms with Crippen molar-refractivity contribution in [3.8, 4) is 34.2 Å². The third kappa shape index (κ3) is 3.35. The predicted octanol–water partition coefficient (Wildman–Crippen LogP) is 3.03. The molecule has 4 aromatic rings. The molecule has 156 valence electrons. The van der Waals surface area contributed by atoms with Gasteiger partial charge in [0.1, 0.15) is 17.4 Å². The maximum atomic E-state index is 12.4. The molecule has 0 bridgehead atoms. The van der Waals surface area contributed by atoms with Crippen molar-refractivity contribution in [1.82, 2.24) is 20.0 Å². The van der Waals surface area contributed by atoms with Crippen LogP contribution in [-0.2, 0) is 13.6 Å². The summed E-state index contributed by atoms with van der Waals surface area (Å²) < 4.78 is 7.40. The molecular formula is C23H22N6O2. The zero-order chi connectivity index (χ0) is 22.1. The molecule has 0 unspecified atom stereocenters. The Balaban J connectivity index is 2.01. The van der Waals surface area contributed by atoms with Crippen LogP contribution in [0.1, 0.15) is 23.7 Å². The molecule has 0 radical (unpaired) electrons. The highest BCUT2D eigenvalue weighted by molar-refractivity contribution is 5.94. The molecule has 0 saturated carbocycles. The maximum absolute atomic E-state index is 12.4. The molecule has 3 N–H and O–H groups in total. The highest BCUT2D eigenvalue weighted by atomic mass is 16.5. The molecule has 8 heteroatoms. The van der Waals surface area contributed by atoms with Gasteiger partial charge in [0.05, 0.1) is 29.6 Å². The van der Waals surface area contributed by atoms with Gasteiger partial charge in [-0.05, 0) is 37.1 Å². The van der Waals surface area contributed by atoms with E-state index in [1.165, 1.54) is 0 Å². The lowest BCUT2D eigenvalue weighted by atomic mass is 9.94. The SMILES string of the molecule is CCOc1cccc(-c2c(-c3cc(C)c4c(=O)[nH]nc(CN)c4c3)cnn2C)c1C#N. The number of nitrogens with two attached hydrogens (primary N) is 1. The fraction of sp³-hybridized carbons (Fsp3) is 0.217. The molecule has 0 saturated heterocycles. The summed E-state index contributed by atoms with van der Waals surface area (Å²) >= 11 is 0. The van der Waals surface area contributed by atoms with E-state index in [1.807, 2.05) is 45.2 Å². The van der Waals surface area contributed by atoms with E-state index in [0.717, 1.165) is 27.9 Å². The van der Waals surface area contributed by atoms with Crippen molar-refractivity contribution in [2.24, 2.45) is 12.8 Å². The Hall–Kier alpha value is -3.96. The molecule has 2 aromatic carbocycles. The Kier molecular flexibility index (Phi) is 5.28. The van der Waals surface area contributed by atoms with Gasteiger partial charge in [-0.15, -0.1) is 0 Å². The number of H-pyrrole nitrogens is 1. The number of rotatable bonds is 5. The van der Waals surface area contributed by atoms with E-state index in [4.69, 9.17) is 10.5 Å². The Morgan fingerprint density at radius 3 is 2.81 bits per heavy atom. The summed E-state index contributed by atoms with van der Waals surface area (Å²) in [4.78, 5) is 12.4. The van der Waals surface area contributed by atoms with Crippen molar-refractivity contribution in [3.63, 3.8) is 0 Å². The summed E-state index contributed by atoms with van der Waals surface area (Å²) in [7, 11) is 1.83. The van der Waals surface area contributed by atoms with E-state index in [2.05, 4.69) is 21.4 Å². The monoisotopic (exact) mass is 414 g/mol.